The summed E-state index contributed by atoms with van der Waals surface area (Å²) in [5.74, 6) is -0.0984. The second-order valence-electron chi connectivity index (χ2n) is 5.74. The van der Waals surface area contributed by atoms with Gasteiger partial charge in [-0.3, -0.25) is 0 Å². The van der Waals surface area contributed by atoms with Crippen LogP contribution in [0.25, 0.3) is 0 Å². The third-order valence-corrected chi connectivity index (χ3v) is 4.72. The molecule has 1 aromatic rings. The Bertz CT molecular complexity index is 541. The number of carbonyl (C=O) groups excluding carboxylic acids is 1. The Labute approximate surface area is 119 Å². The molecule has 1 fully saturated rings. The molecule has 2 aliphatic heterocycles. The molecule has 2 heterocycles. The normalized spacial score (nSPS) is 26.4. The van der Waals surface area contributed by atoms with Gasteiger partial charge in [0.05, 0.1) is 11.7 Å². The van der Waals surface area contributed by atoms with Crippen LogP contribution < -0.4 is 0 Å². The van der Waals surface area contributed by atoms with E-state index in [0.29, 0.717) is 12.2 Å². The summed E-state index contributed by atoms with van der Waals surface area (Å²) >= 11 is 0. The van der Waals surface area contributed by atoms with E-state index in [1.165, 1.54) is 0 Å². The summed E-state index contributed by atoms with van der Waals surface area (Å²) in [6.07, 6.45) is 0.511. The summed E-state index contributed by atoms with van der Waals surface area (Å²) in [7, 11) is 0. The van der Waals surface area contributed by atoms with Crippen LogP contribution in [0, 0.1) is 6.92 Å². The number of fused-ring (bicyclic) bond motifs is 1. The zero-order valence-corrected chi connectivity index (χ0v) is 12.1. The van der Waals surface area contributed by atoms with Crippen LogP contribution in [0.2, 0.25) is 0 Å². The van der Waals surface area contributed by atoms with E-state index in [2.05, 4.69) is 11.8 Å². The number of hydrogen-bond donors (Lipinski definition) is 1. The predicted molar refractivity (Wildman–Crippen MR) is 75.8 cm³/mol. The molecule has 1 N–H and O–H groups in total. The summed E-state index contributed by atoms with van der Waals surface area (Å²) in [5.41, 5.74) is 3.94. The number of hydrogen-bond acceptors (Lipinski definition) is 4. The number of aliphatic hydroxyl groups excluding tert-OH is 1. The van der Waals surface area contributed by atoms with Gasteiger partial charge in [-0.15, -0.1) is 0 Å². The fraction of sp³-hybridized carbons (Fsp3) is 0.562. The molecule has 3 rings (SSSR count). The van der Waals surface area contributed by atoms with Gasteiger partial charge in [0.1, 0.15) is 6.61 Å². The van der Waals surface area contributed by atoms with Gasteiger partial charge in [0.2, 0.25) is 0 Å². The van der Waals surface area contributed by atoms with Crippen molar-refractivity contribution in [1.29, 1.82) is 0 Å². The van der Waals surface area contributed by atoms with Crippen LogP contribution in [-0.4, -0.2) is 41.7 Å². The number of benzene rings is 1. The lowest BCUT2D eigenvalue weighted by atomic mass is 9.83. The Balaban J connectivity index is 1.96. The second-order valence-corrected chi connectivity index (χ2v) is 5.74. The molecule has 0 radical (unpaired) electrons. The minimum absolute atomic E-state index is 0.129. The maximum atomic E-state index is 11.6. The summed E-state index contributed by atoms with van der Waals surface area (Å²) in [6.45, 7) is 7.40. The third kappa shape index (κ3) is 2.13. The summed E-state index contributed by atoms with van der Waals surface area (Å²) in [5, 5.41) is 10.3. The lowest BCUT2D eigenvalue weighted by molar-refractivity contribution is 0.0534. The van der Waals surface area contributed by atoms with Crippen molar-refractivity contribution in [2.75, 3.05) is 19.6 Å². The summed E-state index contributed by atoms with van der Waals surface area (Å²) in [4.78, 5) is 14.0. The van der Waals surface area contributed by atoms with Gasteiger partial charge < -0.3 is 14.7 Å². The Morgan fingerprint density at radius 1 is 1.45 bits per heavy atom. The number of cyclic esters (lactones) is 1. The van der Waals surface area contributed by atoms with Crippen LogP contribution in [0.1, 0.15) is 46.3 Å². The Hall–Kier alpha value is -1.39. The average molecular weight is 275 g/mol. The molecule has 1 aromatic carbocycles. The maximum Gasteiger partial charge on any atom is 0.338 e. The molecule has 0 amide bonds. The van der Waals surface area contributed by atoms with Crippen molar-refractivity contribution < 1.29 is 14.6 Å². The third-order valence-electron chi connectivity index (χ3n) is 4.72. The molecule has 4 nitrogen and oxygen atoms in total. The highest BCUT2D eigenvalue weighted by atomic mass is 16.5. The standard InChI is InChI=1S/C16H21NO3/c1-3-17-7-6-15(18)13(8-17)11-4-5-12-14(10(11)2)9-20-16(12)19/h4-5,13,15,18H,3,6-9H2,1-2H3/t13-,15+/m0/s1. The highest BCUT2D eigenvalue weighted by Gasteiger charge is 2.32. The van der Waals surface area contributed by atoms with Crippen molar-refractivity contribution in [2.45, 2.75) is 38.9 Å². The average Bonchev–Trinajstić information content (AvgIpc) is 2.83. The van der Waals surface area contributed by atoms with Gasteiger partial charge in [-0.25, -0.2) is 4.79 Å². The number of nitrogens with zero attached hydrogens (tertiary/aromatic N) is 1. The molecular weight excluding hydrogens is 254 g/mol. The van der Waals surface area contributed by atoms with Crippen molar-refractivity contribution in [3.05, 3.63) is 34.4 Å². The number of likely N-dealkylation sites (tertiary alicyclic amines) is 1. The molecule has 0 aliphatic carbocycles. The molecule has 20 heavy (non-hydrogen) atoms. The first-order valence-electron chi connectivity index (χ1n) is 7.31. The van der Waals surface area contributed by atoms with Crippen molar-refractivity contribution in [1.82, 2.24) is 4.90 Å². The van der Waals surface area contributed by atoms with Crippen LogP contribution in [0.15, 0.2) is 12.1 Å². The van der Waals surface area contributed by atoms with Crippen LogP contribution in [0.4, 0.5) is 0 Å². The van der Waals surface area contributed by atoms with E-state index in [-0.39, 0.29) is 18.0 Å². The molecule has 2 atom stereocenters. The minimum atomic E-state index is -0.299. The van der Waals surface area contributed by atoms with Gasteiger partial charge in [0.25, 0.3) is 0 Å². The first kappa shape index (κ1) is 13.6. The lowest BCUT2D eigenvalue weighted by Crippen LogP contribution is -2.41. The first-order chi connectivity index (χ1) is 9.61. The van der Waals surface area contributed by atoms with E-state index in [1.54, 1.807) is 0 Å². The number of aliphatic hydroxyl groups is 1. The zero-order chi connectivity index (χ0) is 14.3. The number of rotatable bonds is 2. The molecule has 2 aliphatic rings. The van der Waals surface area contributed by atoms with Gasteiger partial charge >= 0.3 is 5.97 Å². The number of ether oxygens (including phenoxy) is 1. The molecule has 0 saturated carbocycles. The van der Waals surface area contributed by atoms with E-state index in [1.807, 2.05) is 19.1 Å². The molecule has 0 unspecified atom stereocenters. The Kier molecular flexibility index (Phi) is 3.52. The molecular formula is C16H21NO3. The van der Waals surface area contributed by atoms with Crippen molar-refractivity contribution in [3.63, 3.8) is 0 Å². The second kappa shape index (κ2) is 5.19. The fourth-order valence-corrected chi connectivity index (χ4v) is 3.37. The predicted octanol–water partition coefficient (Wildman–Crippen LogP) is 1.84. The monoisotopic (exact) mass is 275 g/mol. The minimum Gasteiger partial charge on any atom is -0.457 e. The molecule has 108 valence electrons. The first-order valence-corrected chi connectivity index (χ1v) is 7.31. The van der Waals surface area contributed by atoms with Crippen LogP contribution in [0.5, 0.6) is 0 Å². The van der Waals surface area contributed by atoms with E-state index in [9.17, 15) is 9.90 Å². The molecule has 0 spiro atoms. The van der Waals surface area contributed by atoms with Crippen LogP contribution >= 0.6 is 0 Å². The van der Waals surface area contributed by atoms with Crippen molar-refractivity contribution in [2.24, 2.45) is 0 Å². The van der Waals surface area contributed by atoms with Crippen molar-refractivity contribution >= 4 is 5.97 Å². The largest absolute Gasteiger partial charge is 0.457 e. The molecule has 0 aromatic heterocycles. The summed E-state index contributed by atoms with van der Waals surface area (Å²) in [6, 6.07) is 3.85. The topological polar surface area (TPSA) is 49.8 Å². The van der Waals surface area contributed by atoms with Gasteiger partial charge in [-0.1, -0.05) is 13.0 Å². The number of carbonyl (C=O) groups is 1. The fourth-order valence-electron chi connectivity index (χ4n) is 3.37. The highest BCUT2D eigenvalue weighted by Crippen LogP contribution is 2.34. The Morgan fingerprint density at radius 2 is 2.25 bits per heavy atom. The van der Waals surface area contributed by atoms with E-state index in [4.69, 9.17) is 4.74 Å². The van der Waals surface area contributed by atoms with Crippen LogP contribution in [0.3, 0.4) is 0 Å². The van der Waals surface area contributed by atoms with Gasteiger partial charge in [0, 0.05) is 24.6 Å². The van der Waals surface area contributed by atoms with Gasteiger partial charge in [-0.05, 0) is 37.1 Å². The van der Waals surface area contributed by atoms with E-state index < -0.39 is 0 Å². The van der Waals surface area contributed by atoms with Gasteiger partial charge in [0.15, 0.2) is 0 Å². The lowest BCUT2D eigenvalue weighted by Gasteiger charge is -2.36. The van der Waals surface area contributed by atoms with Crippen LogP contribution in [-0.2, 0) is 11.3 Å². The van der Waals surface area contributed by atoms with E-state index >= 15 is 0 Å². The SMILES string of the molecule is CCN1CC[C@@H](O)[C@H](c2ccc3c(c2C)COC3=O)C1. The maximum absolute atomic E-state index is 11.6. The number of esters is 1. The van der Waals surface area contributed by atoms with Gasteiger partial charge in [-0.2, -0.15) is 0 Å². The molecule has 1 saturated heterocycles. The smallest absolute Gasteiger partial charge is 0.338 e. The zero-order valence-electron chi connectivity index (χ0n) is 12.1. The molecule has 4 heteroatoms. The molecule has 0 bridgehead atoms. The highest BCUT2D eigenvalue weighted by molar-refractivity contribution is 5.94. The van der Waals surface area contributed by atoms with Crippen molar-refractivity contribution in [3.8, 4) is 0 Å². The number of likely N-dealkylation sites (N-methyl/N-ethyl adjacent to an activating group) is 1. The Morgan fingerprint density at radius 3 is 3.00 bits per heavy atom. The van der Waals surface area contributed by atoms with E-state index in [0.717, 1.165) is 42.7 Å². The quantitative estimate of drug-likeness (QED) is 0.837. The summed E-state index contributed by atoms with van der Waals surface area (Å²) < 4.78 is 5.10. The number of piperidine rings is 1.